The minimum absolute atomic E-state index is 0.142. The van der Waals surface area contributed by atoms with Gasteiger partial charge in [-0.3, -0.25) is 4.79 Å². The number of fused-ring (bicyclic) bond motifs is 2. The number of urea groups is 1. The summed E-state index contributed by atoms with van der Waals surface area (Å²) in [6.07, 6.45) is 1.56. The molecule has 0 spiro atoms. The van der Waals surface area contributed by atoms with Gasteiger partial charge in [-0.25, -0.2) is 9.78 Å². The normalized spacial score (nSPS) is 10.8. The Morgan fingerprint density at radius 3 is 2.38 bits per heavy atom. The zero-order valence-corrected chi connectivity index (χ0v) is 18.8. The highest BCUT2D eigenvalue weighted by molar-refractivity contribution is 6.14. The summed E-state index contributed by atoms with van der Waals surface area (Å²) in [6.45, 7) is 5.18. The fourth-order valence-corrected chi connectivity index (χ4v) is 3.57. The van der Waals surface area contributed by atoms with Crippen LogP contribution in [0, 0.1) is 0 Å². The van der Waals surface area contributed by atoms with Crippen LogP contribution in [0.3, 0.4) is 0 Å². The lowest BCUT2D eigenvalue weighted by Gasteiger charge is -2.15. The molecule has 3 aromatic rings. The molecule has 2 aromatic carbocycles. The molecular weight excluding hydrogens is 404 g/mol. The number of unbranched alkanes of at least 4 members (excludes halogenated alkanes) is 1. The van der Waals surface area contributed by atoms with Crippen LogP contribution in [0.15, 0.2) is 42.5 Å². The summed E-state index contributed by atoms with van der Waals surface area (Å²) in [6, 6.07) is 13.5. The van der Waals surface area contributed by atoms with Crippen LogP contribution in [0.4, 0.5) is 10.5 Å². The van der Waals surface area contributed by atoms with E-state index in [0.717, 1.165) is 47.9 Å². The van der Waals surface area contributed by atoms with Crippen molar-refractivity contribution < 1.29 is 9.59 Å². The zero-order valence-electron chi connectivity index (χ0n) is 18.8. The van der Waals surface area contributed by atoms with Crippen molar-refractivity contribution in [2.75, 3.05) is 45.1 Å². The highest BCUT2D eigenvalue weighted by Crippen LogP contribution is 2.32. The number of rotatable bonds is 11. The lowest BCUT2D eigenvalue weighted by molar-refractivity contribution is 0.0954. The molecule has 0 saturated heterocycles. The third kappa shape index (κ3) is 5.85. The summed E-state index contributed by atoms with van der Waals surface area (Å²) < 4.78 is 0. The number of amides is 3. The third-order valence-corrected chi connectivity index (χ3v) is 5.14. The lowest BCUT2D eigenvalue weighted by Crippen LogP contribution is -2.36. The molecule has 3 rings (SSSR count). The van der Waals surface area contributed by atoms with Crippen LogP contribution in [-0.2, 0) is 0 Å². The molecular formula is C24H32N6O2. The minimum Gasteiger partial charge on any atom is -0.383 e. The summed E-state index contributed by atoms with van der Waals surface area (Å²) in [5, 5.41) is 17.1. The number of nitrogens with zero attached hydrogens (tertiary/aromatic N) is 1. The number of likely N-dealkylation sites (N-methyl/N-ethyl adjacent to an activating group) is 1. The minimum atomic E-state index is -0.162. The smallest absolute Gasteiger partial charge is 0.314 e. The Kier molecular flexibility index (Phi) is 8.62. The molecule has 0 atom stereocenters. The second kappa shape index (κ2) is 11.9. The van der Waals surface area contributed by atoms with E-state index < -0.39 is 0 Å². The quantitative estimate of drug-likeness (QED) is 0.235. The fourth-order valence-electron chi connectivity index (χ4n) is 3.57. The molecule has 0 radical (unpaired) electrons. The van der Waals surface area contributed by atoms with Gasteiger partial charge >= 0.3 is 6.03 Å². The van der Waals surface area contributed by atoms with Crippen molar-refractivity contribution in [3.63, 3.8) is 0 Å². The molecule has 0 unspecified atom stereocenters. The molecule has 5 N–H and O–H groups in total. The van der Waals surface area contributed by atoms with Crippen LogP contribution in [0.5, 0.6) is 0 Å². The fraction of sp³-hybridized carbons (Fsp3) is 0.375. The number of pyridine rings is 1. The Bertz CT molecular complexity index is 1070. The third-order valence-electron chi connectivity index (χ3n) is 5.14. The van der Waals surface area contributed by atoms with Gasteiger partial charge in [0.1, 0.15) is 0 Å². The number of aromatic nitrogens is 1. The molecule has 0 aliphatic rings. The average molecular weight is 437 g/mol. The van der Waals surface area contributed by atoms with Crippen molar-refractivity contribution >= 4 is 39.4 Å². The number of carbonyl (C=O) groups is 2. The molecule has 0 bridgehead atoms. The van der Waals surface area contributed by atoms with Crippen molar-refractivity contribution in [1.82, 2.24) is 26.3 Å². The van der Waals surface area contributed by atoms with Gasteiger partial charge in [-0.2, -0.15) is 0 Å². The van der Waals surface area contributed by atoms with Gasteiger partial charge in [0, 0.05) is 43.5 Å². The Balaban J connectivity index is 1.73. The molecule has 0 fully saturated rings. The largest absolute Gasteiger partial charge is 0.383 e. The van der Waals surface area contributed by atoms with E-state index in [1.165, 1.54) is 0 Å². The molecule has 170 valence electrons. The van der Waals surface area contributed by atoms with Crippen molar-refractivity contribution in [2.45, 2.75) is 19.8 Å². The van der Waals surface area contributed by atoms with E-state index in [-0.39, 0.29) is 11.9 Å². The average Bonchev–Trinajstić information content (AvgIpc) is 2.80. The number of hydrogen-bond acceptors (Lipinski definition) is 5. The second-order valence-electron chi connectivity index (χ2n) is 7.49. The van der Waals surface area contributed by atoms with Crippen LogP contribution in [-0.4, -0.2) is 56.7 Å². The number of hydrogen-bond donors (Lipinski definition) is 5. The van der Waals surface area contributed by atoms with Gasteiger partial charge in [0.2, 0.25) is 0 Å². The van der Waals surface area contributed by atoms with Gasteiger partial charge in [-0.15, -0.1) is 0 Å². The highest BCUT2D eigenvalue weighted by Gasteiger charge is 2.15. The van der Waals surface area contributed by atoms with Gasteiger partial charge in [0.15, 0.2) is 0 Å². The van der Waals surface area contributed by atoms with Crippen LogP contribution in [0.2, 0.25) is 0 Å². The summed E-state index contributed by atoms with van der Waals surface area (Å²) in [4.78, 5) is 29.1. The number of para-hydroxylation sites is 2. The first-order valence-corrected chi connectivity index (χ1v) is 11.2. The van der Waals surface area contributed by atoms with Crippen molar-refractivity contribution in [1.29, 1.82) is 0 Å². The Labute approximate surface area is 188 Å². The monoisotopic (exact) mass is 436 g/mol. The maximum absolute atomic E-state index is 12.9. The molecule has 0 saturated carbocycles. The van der Waals surface area contributed by atoms with Crippen LogP contribution < -0.4 is 26.6 Å². The second-order valence-corrected chi connectivity index (χ2v) is 7.49. The number of anilines is 1. The standard InChI is InChI=1S/C24H32N6O2/c1-3-26-24(32)29-14-7-6-13-28-23(31)19-11-8-10-18-21(27-16-15-25-2)17-9-4-5-12-20(17)30-22(18)19/h4-5,8-12,25H,3,6-7,13-16H2,1-2H3,(H,27,30)(H,28,31)(H2,26,29,32). The van der Waals surface area contributed by atoms with E-state index in [1.54, 1.807) is 0 Å². The summed E-state index contributed by atoms with van der Waals surface area (Å²) in [5.74, 6) is -0.142. The molecule has 1 heterocycles. The topological polar surface area (TPSA) is 107 Å². The number of carbonyl (C=O) groups excluding carboxylic acids is 2. The van der Waals surface area contributed by atoms with E-state index >= 15 is 0 Å². The van der Waals surface area contributed by atoms with Crippen LogP contribution in [0.25, 0.3) is 21.8 Å². The molecule has 1 aromatic heterocycles. The summed E-state index contributed by atoms with van der Waals surface area (Å²) in [5.41, 5.74) is 3.09. The first-order valence-electron chi connectivity index (χ1n) is 11.2. The van der Waals surface area contributed by atoms with E-state index in [2.05, 4.69) is 26.6 Å². The molecule has 3 amide bonds. The Hall–Kier alpha value is -3.39. The maximum Gasteiger partial charge on any atom is 0.314 e. The van der Waals surface area contributed by atoms with Crippen LogP contribution >= 0.6 is 0 Å². The lowest BCUT2D eigenvalue weighted by atomic mass is 10.0. The highest BCUT2D eigenvalue weighted by atomic mass is 16.2. The van der Waals surface area contributed by atoms with E-state index in [0.29, 0.717) is 30.7 Å². The first kappa shape index (κ1) is 23.3. The van der Waals surface area contributed by atoms with Gasteiger partial charge in [0.25, 0.3) is 5.91 Å². The van der Waals surface area contributed by atoms with E-state index in [1.807, 2.05) is 56.4 Å². The Morgan fingerprint density at radius 1 is 0.844 bits per heavy atom. The number of benzene rings is 2. The van der Waals surface area contributed by atoms with Crippen LogP contribution in [0.1, 0.15) is 30.1 Å². The SMILES string of the molecule is CCNC(=O)NCCCCNC(=O)c1cccc2c(NCCNC)c3ccccc3nc12. The van der Waals surface area contributed by atoms with Crippen molar-refractivity contribution in [3.05, 3.63) is 48.0 Å². The van der Waals surface area contributed by atoms with Gasteiger partial charge in [-0.1, -0.05) is 30.3 Å². The van der Waals surface area contributed by atoms with E-state index in [4.69, 9.17) is 4.98 Å². The van der Waals surface area contributed by atoms with Gasteiger partial charge < -0.3 is 26.6 Å². The predicted molar refractivity (Wildman–Crippen MR) is 130 cm³/mol. The molecule has 0 aliphatic carbocycles. The Morgan fingerprint density at radius 2 is 1.59 bits per heavy atom. The zero-order chi connectivity index (χ0) is 22.8. The van der Waals surface area contributed by atoms with Gasteiger partial charge in [-0.05, 0) is 38.9 Å². The molecule has 8 heteroatoms. The van der Waals surface area contributed by atoms with Crippen molar-refractivity contribution in [2.24, 2.45) is 0 Å². The summed E-state index contributed by atoms with van der Waals surface area (Å²) >= 11 is 0. The van der Waals surface area contributed by atoms with E-state index in [9.17, 15) is 9.59 Å². The molecule has 0 aliphatic heterocycles. The first-order chi connectivity index (χ1) is 15.7. The van der Waals surface area contributed by atoms with Gasteiger partial charge in [0.05, 0.1) is 22.3 Å². The number of nitrogens with one attached hydrogen (secondary N) is 5. The molecule has 8 nitrogen and oxygen atoms in total. The predicted octanol–water partition coefficient (Wildman–Crippen LogP) is 2.85. The maximum atomic E-state index is 12.9. The molecule has 32 heavy (non-hydrogen) atoms. The van der Waals surface area contributed by atoms with Crippen molar-refractivity contribution in [3.8, 4) is 0 Å². The summed E-state index contributed by atoms with van der Waals surface area (Å²) in [7, 11) is 1.92.